The van der Waals surface area contributed by atoms with E-state index in [0.717, 1.165) is 12.2 Å². The molecule has 1 aliphatic heterocycles. The van der Waals surface area contributed by atoms with Crippen LogP contribution in [0.1, 0.15) is 25.0 Å². The van der Waals surface area contributed by atoms with Crippen LogP contribution in [0.5, 0.6) is 0 Å². The van der Waals surface area contributed by atoms with Gasteiger partial charge >= 0.3 is 0 Å². The molecule has 1 aliphatic rings. The number of likely N-dealkylation sites (tertiary alicyclic amines) is 1. The number of nitrogens with zero attached hydrogens (tertiary/aromatic N) is 1. The van der Waals surface area contributed by atoms with Crippen LogP contribution in [0.25, 0.3) is 0 Å². The SMILES string of the molecule is CC1CC(c2ccco2)C(C(=O)C(=O)Cl)N1C. The van der Waals surface area contributed by atoms with Crippen molar-refractivity contribution in [3.63, 3.8) is 0 Å². The third-order valence-corrected chi connectivity index (χ3v) is 3.67. The van der Waals surface area contributed by atoms with Gasteiger partial charge < -0.3 is 4.42 Å². The molecule has 0 aliphatic carbocycles. The zero-order valence-corrected chi connectivity index (χ0v) is 10.5. The van der Waals surface area contributed by atoms with Crippen molar-refractivity contribution >= 4 is 22.6 Å². The maximum Gasteiger partial charge on any atom is 0.289 e. The second-order valence-corrected chi connectivity index (χ2v) is 4.80. The van der Waals surface area contributed by atoms with Crippen molar-refractivity contribution in [1.29, 1.82) is 0 Å². The van der Waals surface area contributed by atoms with Gasteiger partial charge in [-0.25, -0.2) is 0 Å². The smallest absolute Gasteiger partial charge is 0.289 e. The van der Waals surface area contributed by atoms with Gasteiger partial charge in [0, 0.05) is 12.0 Å². The summed E-state index contributed by atoms with van der Waals surface area (Å²) in [5.41, 5.74) is 0. The Balaban J connectivity index is 2.31. The monoisotopic (exact) mass is 255 g/mol. The van der Waals surface area contributed by atoms with Crippen molar-refractivity contribution in [2.24, 2.45) is 0 Å². The summed E-state index contributed by atoms with van der Waals surface area (Å²) in [6.07, 6.45) is 2.35. The van der Waals surface area contributed by atoms with E-state index in [9.17, 15) is 9.59 Å². The minimum atomic E-state index is -0.910. The average Bonchev–Trinajstić information content (AvgIpc) is 2.87. The molecule has 17 heavy (non-hydrogen) atoms. The lowest BCUT2D eigenvalue weighted by Gasteiger charge is -2.22. The summed E-state index contributed by atoms with van der Waals surface area (Å²) in [4.78, 5) is 24.8. The highest BCUT2D eigenvalue weighted by molar-refractivity contribution is 6.81. The highest BCUT2D eigenvalue weighted by Crippen LogP contribution is 2.37. The zero-order chi connectivity index (χ0) is 12.6. The fraction of sp³-hybridized carbons (Fsp3) is 0.500. The van der Waals surface area contributed by atoms with E-state index in [-0.39, 0.29) is 12.0 Å². The molecule has 0 amide bonds. The number of hydrogen-bond acceptors (Lipinski definition) is 4. The number of rotatable bonds is 3. The molecule has 2 rings (SSSR count). The minimum absolute atomic E-state index is 0.0970. The maximum atomic E-state index is 11.8. The summed E-state index contributed by atoms with van der Waals surface area (Å²) < 4.78 is 5.34. The van der Waals surface area contributed by atoms with Gasteiger partial charge in [0.25, 0.3) is 5.24 Å². The van der Waals surface area contributed by atoms with Gasteiger partial charge in [0.2, 0.25) is 5.78 Å². The molecular weight excluding hydrogens is 242 g/mol. The Labute approximate surface area is 105 Å². The van der Waals surface area contributed by atoms with Gasteiger partial charge in [-0.1, -0.05) is 0 Å². The minimum Gasteiger partial charge on any atom is -0.469 e. The molecule has 0 N–H and O–H groups in total. The summed E-state index contributed by atoms with van der Waals surface area (Å²) in [5.74, 6) is 0.0811. The fourth-order valence-electron chi connectivity index (χ4n) is 2.48. The summed E-state index contributed by atoms with van der Waals surface area (Å²) in [6.45, 7) is 2.02. The molecule has 0 bridgehead atoms. The molecule has 1 aromatic heterocycles. The lowest BCUT2D eigenvalue weighted by molar-refractivity contribution is -0.135. The highest BCUT2D eigenvalue weighted by Gasteiger charge is 2.44. The Bertz CT molecular complexity index is 429. The predicted molar refractivity (Wildman–Crippen MR) is 62.9 cm³/mol. The van der Waals surface area contributed by atoms with Gasteiger partial charge in [0.1, 0.15) is 5.76 Å². The number of carbonyl (C=O) groups excluding carboxylic acids is 2. The zero-order valence-electron chi connectivity index (χ0n) is 9.72. The fourth-order valence-corrected chi connectivity index (χ4v) is 2.59. The van der Waals surface area contributed by atoms with Gasteiger partial charge in [-0.2, -0.15) is 0 Å². The third-order valence-electron chi connectivity index (χ3n) is 3.48. The van der Waals surface area contributed by atoms with E-state index >= 15 is 0 Å². The van der Waals surface area contributed by atoms with Gasteiger partial charge in [0.15, 0.2) is 0 Å². The molecular formula is C12H14ClNO3. The van der Waals surface area contributed by atoms with E-state index in [0.29, 0.717) is 0 Å². The molecule has 3 atom stereocenters. The van der Waals surface area contributed by atoms with E-state index in [2.05, 4.69) is 0 Å². The van der Waals surface area contributed by atoms with Crippen LogP contribution in [0.4, 0.5) is 0 Å². The molecule has 1 saturated heterocycles. The summed E-state index contributed by atoms with van der Waals surface area (Å²) in [7, 11) is 1.83. The number of halogens is 1. The van der Waals surface area contributed by atoms with Gasteiger partial charge in [-0.05, 0) is 44.1 Å². The van der Waals surface area contributed by atoms with Crippen molar-refractivity contribution in [3.05, 3.63) is 24.2 Å². The molecule has 0 spiro atoms. The lowest BCUT2D eigenvalue weighted by Crippen LogP contribution is -2.41. The van der Waals surface area contributed by atoms with Gasteiger partial charge in [-0.3, -0.25) is 14.5 Å². The van der Waals surface area contributed by atoms with Crippen LogP contribution < -0.4 is 0 Å². The Morgan fingerprint density at radius 3 is 2.76 bits per heavy atom. The molecule has 92 valence electrons. The molecule has 1 fully saturated rings. The molecule has 0 radical (unpaired) electrons. The van der Waals surface area contributed by atoms with Crippen molar-refractivity contribution in [2.45, 2.75) is 31.3 Å². The normalized spacial score (nSPS) is 29.5. The molecule has 2 heterocycles. The van der Waals surface area contributed by atoms with Crippen LogP contribution in [-0.4, -0.2) is 35.1 Å². The van der Waals surface area contributed by atoms with Crippen LogP contribution in [0.2, 0.25) is 0 Å². The van der Waals surface area contributed by atoms with E-state index in [1.165, 1.54) is 0 Å². The Hall–Kier alpha value is -1.13. The summed E-state index contributed by atoms with van der Waals surface area (Å²) in [5, 5.41) is -0.910. The first-order valence-corrected chi connectivity index (χ1v) is 5.89. The quantitative estimate of drug-likeness (QED) is 0.610. The topological polar surface area (TPSA) is 50.5 Å². The standard InChI is InChI=1S/C12H14ClNO3/c1-7-6-8(9-4-3-5-17-9)10(14(7)2)11(15)12(13)16/h3-5,7-8,10H,6H2,1-2H3. The predicted octanol–water partition coefficient (Wildman–Crippen LogP) is 1.79. The number of carbonyl (C=O) groups is 2. The first-order chi connectivity index (χ1) is 8.02. The van der Waals surface area contributed by atoms with Crippen molar-refractivity contribution < 1.29 is 14.0 Å². The largest absolute Gasteiger partial charge is 0.469 e. The van der Waals surface area contributed by atoms with E-state index < -0.39 is 17.1 Å². The lowest BCUT2D eigenvalue weighted by atomic mass is 9.94. The van der Waals surface area contributed by atoms with E-state index in [4.69, 9.17) is 16.0 Å². The number of Topliss-reactive ketones (excluding diaryl/α,β-unsaturated/α-hetero) is 1. The van der Waals surface area contributed by atoms with Crippen molar-refractivity contribution in [1.82, 2.24) is 4.90 Å². The summed E-state index contributed by atoms with van der Waals surface area (Å²) in [6, 6.07) is 3.31. The Morgan fingerprint density at radius 1 is 1.53 bits per heavy atom. The second kappa shape index (κ2) is 4.63. The molecule has 3 unspecified atom stereocenters. The molecule has 4 nitrogen and oxygen atoms in total. The number of furan rings is 1. The first-order valence-electron chi connectivity index (χ1n) is 5.51. The summed E-state index contributed by atoms with van der Waals surface area (Å²) >= 11 is 5.30. The Kier molecular flexibility index (Phi) is 3.35. The van der Waals surface area contributed by atoms with E-state index in [1.807, 2.05) is 24.9 Å². The molecule has 5 heteroatoms. The van der Waals surface area contributed by atoms with Gasteiger partial charge in [-0.15, -0.1) is 0 Å². The number of hydrogen-bond donors (Lipinski definition) is 0. The second-order valence-electron chi connectivity index (χ2n) is 4.45. The van der Waals surface area contributed by atoms with Crippen molar-refractivity contribution in [3.8, 4) is 0 Å². The van der Waals surface area contributed by atoms with Crippen LogP contribution in [0.15, 0.2) is 22.8 Å². The van der Waals surface area contributed by atoms with Crippen molar-refractivity contribution in [2.75, 3.05) is 7.05 Å². The molecule has 1 aromatic rings. The van der Waals surface area contributed by atoms with Crippen LogP contribution >= 0.6 is 11.6 Å². The average molecular weight is 256 g/mol. The van der Waals surface area contributed by atoms with Crippen LogP contribution in [0, 0.1) is 0 Å². The third kappa shape index (κ3) is 2.15. The van der Waals surface area contributed by atoms with E-state index in [1.54, 1.807) is 12.3 Å². The van der Waals surface area contributed by atoms with Gasteiger partial charge in [0.05, 0.1) is 12.3 Å². The number of ketones is 1. The molecule has 0 aromatic carbocycles. The maximum absolute atomic E-state index is 11.8. The highest BCUT2D eigenvalue weighted by atomic mass is 35.5. The van der Waals surface area contributed by atoms with Crippen LogP contribution in [0.3, 0.4) is 0 Å². The number of likely N-dealkylation sites (N-methyl/N-ethyl adjacent to an activating group) is 1. The Morgan fingerprint density at radius 2 is 2.24 bits per heavy atom. The molecule has 0 saturated carbocycles. The first kappa shape index (κ1) is 12.3. The van der Waals surface area contributed by atoms with Crippen LogP contribution in [-0.2, 0) is 9.59 Å².